The predicted molar refractivity (Wildman–Crippen MR) is 337 cm³/mol. The molecule has 0 unspecified atom stereocenters. The van der Waals surface area contributed by atoms with Gasteiger partial charge in [-0.15, -0.1) is 136 Å². The molecule has 0 saturated heterocycles. The molecule has 0 aliphatic heterocycles. The van der Waals surface area contributed by atoms with Gasteiger partial charge < -0.3 is 0 Å². The van der Waals surface area contributed by atoms with Gasteiger partial charge in [-0.1, -0.05) is 0 Å². The Kier molecular flexibility index (Phi) is 12.4. The van der Waals surface area contributed by atoms with Crippen molar-refractivity contribution in [2.45, 2.75) is 0 Å². The zero-order valence-electron chi connectivity index (χ0n) is 32.6. The van der Waals surface area contributed by atoms with Crippen LogP contribution in [0.3, 0.4) is 0 Å². The molecule has 66 heavy (non-hydrogen) atoms. The van der Waals surface area contributed by atoms with Crippen molar-refractivity contribution in [3.63, 3.8) is 0 Å². The normalized spacial score (nSPS) is 12.1. The molecule has 18 heteroatoms. The number of thiophene rings is 12. The van der Waals surface area contributed by atoms with E-state index < -0.39 is 0 Å². The van der Waals surface area contributed by atoms with Crippen molar-refractivity contribution < 1.29 is 0 Å². The first-order valence-electron chi connectivity index (χ1n) is 19.4. The van der Waals surface area contributed by atoms with Gasteiger partial charge in [-0.3, -0.25) is 0 Å². The van der Waals surface area contributed by atoms with E-state index in [1.165, 1.54) is 144 Å². The number of fused-ring (bicyclic) bond motifs is 24. The van der Waals surface area contributed by atoms with Crippen molar-refractivity contribution in [3.8, 4) is 0 Å². The van der Waals surface area contributed by atoms with E-state index in [9.17, 15) is 0 Å². The molecule has 16 aromatic rings. The second kappa shape index (κ2) is 18.1. The molecule has 0 atom stereocenters. The van der Waals surface area contributed by atoms with Crippen LogP contribution in [0.4, 0.5) is 0 Å². The fraction of sp³-hybridized carbons (Fsp3) is 0. The summed E-state index contributed by atoms with van der Waals surface area (Å²) in [5, 5.41) is 29.8. The third-order valence-electron chi connectivity index (χ3n) is 11.1. The minimum absolute atomic E-state index is 1.19. The van der Waals surface area contributed by atoms with Crippen molar-refractivity contribution >= 4 is 353 Å². The highest BCUT2D eigenvalue weighted by Gasteiger charge is 2.18. The molecule has 0 bridgehead atoms. The van der Waals surface area contributed by atoms with Gasteiger partial charge in [0.1, 0.15) is 0 Å². The molecule has 0 fully saturated rings. The van der Waals surface area contributed by atoms with Crippen LogP contribution in [0.2, 0.25) is 0 Å². The van der Waals surface area contributed by atoms with E-state index in [0.717, 1.165) is 0 Å². The molecule has 0 N–H and O–H groups in total. The minimum Gasteiger partial charge on any atom is -0.143 e. The minimum atomic E-state index is 1.19. The Balaban J connectivity index is 0.0000000880. The van der Waals surface area contributed by atoms with Gasteiger partial charge in [-0.2, -0.15) is 0 Å². The molecular formula is C48H18Br6S12. The largest absolute Gasteiger partial charge is 0.143 e. The molecule has 16 rings (SSSR count). The van der Waals surface area contributed by atoms with Crippen LogP contribution in [0.15, 0.2) is 128 Å². The maximum Gasteiger partial charge on any atom is 0.0711 e. The fourth-order valence-corrected chi connectivity index (χ4v) is 24.7. The van der Waals surface area contributed by atoms with E-state index >= 15 is 0 Å². The highest BCUT2D eigenvalue weighted by Crippen LogP contribution is 2.50. The number of halogens is 6. The van der Waals surface area contributed by atoms with Crippen LogP contribution in [0, 0.1) is 0 Å². The highest BCUT2D eigenvalue weighted by atomic mass is 79.9. The number of benzene rings is 4. The monoisotopic (exact) mass is 1450 g/mol. The van der Waals surface area contributed by atoms with Crippen molar-refractivity contribution in [1.29, 1.82) is 0 Å². The summed E-state index contributed by atoms with van der Waals surface area (Å²) in [5.41, 5.74) is 0. The van der Waals surface area contributed by atoms with Crippen molar-refractivity contribution in [2.75, 3.05) is 0 Å². The van der Waals surface area contributed by atoms with E-state index in [-0.39, 0.29) is 0 Å². The van der Waals surface area contributed by atoms with E-state index in [1.807, 2.05) is 136 Å². The summed E-state index contributed by atoms with van der Waals surface area (Å²) in [6.45, 7) is 0. The third-order valence-corrected chi connectivity index (χ3v) is 26.9. The lowest BCUT2D eigenvalue weighted by Gasteiger charge is -1.96. The Labute approximate surface area is 473 Å². The first-order chi connectivity index (χ1) is 32.2. The van der Waals surface area contributed by atoms with E-state index in [2.05, 4.69) is 201 Å². The summed E-state index contributed by atoms with van der Waals surface area (Å²) >= 11 is 43.6. The summed E-state index contributed by atoms with van der Waals surface area (Å²) in [4.78, 5) is 0. The van der Waals surface area contributed by atoms with E-state index in [1.54, 1.807) is 0 Å². The predicted octanol–water partition coefficient (Wildman–Crippen LogP) is 25.9. The molecule has 0 aliphatic carbocycles. The van der Waals surface area contributed by atoms with Gasteiger partial charge in [0.25, 0.3) is 0 Å². The first-order valence-corrected chi connectivity index (χ1v) is 34.4. The Morgan fingerprint density at radius 2 is 0.348 bits per heavy atom. The molecular weight excluding hydrogens is 1440 g/mol. The lowest BCUT2D eigenvalue weighted by Crippen LogP contribution is -1.67. The lowest BCUT2D eigenvalue weighted by molar-refractivity contribution is 2.06. The number of hydrogen-bond acceptors (Lipinski definition) is 12. The molecule has 12 heterocycles. The van der Waals surface area contributed by atoms with Gasteiger partial charge in [0.05, 0.1) is 22.7 Å². The van der Waals surface area contributed by atoms with Crippen LogP contribution in [0.5, 0.6) is 0 Å². The molecule has 324 valence electrons. The topological polar surface area (TPSA) is 0 Å². The Morgan fingerprint density at radius 3 is 0.561 bits per heavy atom. The summed E-state index contributed by atoms with van der Waals surface area (Å²) in [6.07, 6.45) is 0. The SMILES string of the molecule is Brc1cc2c(s1)c1cc(Br)sc1c1cc(Br)sc21.Brc1cc2c(s1)c1ccsc1c1cc(Br)sc12.Brc1cc2c3sccc3c3sccc3c2s1.c1cc2c(s1)c1ccsc1c1ccsc21. The molecule has 0 amide bonds. The molecule has 4 aromatic carbocycles. The van der Waals surface area contributed by atoms with E-state index in [0.29, 0.717) is 0 Å². The van der Waals surface area contributed by atoms with Crippen molar-refractivity contribution in [1.82, 2.24) is 0 Å². The Hall–Kier alpha value is -0.720. The second-order valence-corrected chi connectivity index (χ2v) is 34.8. The summed E-state index contributed by atoms with van der Waals surface area (Å²) < 4.78 is 24.1. The van der Waals surface area contributed by atoms with Gasteiger partial charge in [0, 0.05) is 121 Å². The Morgan fingerprint density at radius 1 is 0.197 bits per heavy atom. The quantitative estimate of drug-likeness (QED) is 0.142. The van der Waals surface area contributed by atoms with Crippen LogP contribution >= 0.6 is 232 Å². The molecule has 0 aliphatic rings. The summed E-state index contributed by atoms with van der Waals surface area (Å²) in [6, 6.07) is 26.9. The average molecular weight is 1460 g/mol. The van der Waals surface area contributed by atoms with Crippen LogP contribution in [0.1, 0.15) is 0 Å². The number of rotatable bonds is 0. The van der Waals surface area contributed by atoms with Crippen LogP contribution in [-0.4, -0.2) is 0 Å². The molecule has 0 nitrogen and oxygen atoms in total. The standard InChI is InChI=1S/C12H3Br3S3.C12H4Br2S3.C12H5BrS3.C12H6S3/c13-7-1-4-10(16-7)5-2-9(15)18-12(5)6-3-8(14)17-11(4)6;13-8-3-6-10-5(1-2-15-10)11-7(12(6)17-8)4-9(14)16-11;13-9-5-8-11-6(1-3-15-11)10-7(2-4-14-10)12(8)16-9;1-4-13-10-7(1)11-9(2-5-14-11)12-8(10)3-6-15-12/h1-3H;1-4H;1-5H;1-6H. The third kappa shape index (κ3) is 7.64. The van der Waals surface area contributed by atoms with Gasteiger partial charge in [-0.25, -0.2) is 0 Å². The fourth-order valence-electron chi connectivity index (χ4n) is 8.56. The first kappa shape index (κ1) is 45.2. The van der Waals surface area contributed by atoms with Crippen molar-refractivity contribution in [3.05, 3.63) is 128 Å². The zero-order chi connectivity index (χ0) is 44.5. The van der Waals surface area contributed by atoms with Crippen LogP contribution in [0.25, 0.3) is 121 Å². The molecule has 0 radical (unpaired) electrons. The van der Waals surface area contributed by atoms with Crippen LogP contribution in [-0.2, 0) is 0 Å². The molecule has 12 aromatic heterocycles. The van der Waals surface area contributed by atoms with E-state index in [4.69, 9.17) is 0 Å². The van der Waals surface area contributed by atoms with Gasteiger partial charge in [0.2, 0.25) is 0 Å². The maximum absolute atomic E-state index is 3.61. The molecule has 0 saturated carbocycles. The average Bonchev–Trinajstić information content (AvgIpc) is 4.12. The van der Waals surface area contributed by atoms with Gasteiger partial charge >= 0.3 is 0 Å². The zero-order valence-corrected chi connectivity index (χ0v) is 51.9. The number of hydrogen-bond donors (Lipinski definition) is 0. The van der Waals surface area contributed by atoms with Gasteiger partial charge in [0.15, 0.2) is 0 Å². The maximum atomic E-state index is 3.61. The summed E-state index contributed by atoms with van der Waals surface area (Å²) in [5.74, 6) is 0. The molecule has 0 spiro atoms. The smallest absolute Gasteiger partial charge is 0.0711 e. The van der Waals surface area contributed by atoms with Gasteiger partial charge in [-0.05, 0) is 201 Å². The lowest BCUT2D eigenvalue weighted by atomic mass is 10.1. The van der Waals surface area contributed by atoms with Crippen LogP contribution < -0.4 is 0 Å². The van der Waals surface area contributed by atoms with Crippen molar-refractivity contribution in [2.24, 2.45) is 0 Å². The Bertz CT molecular complexity index is 3970. The summed E-state index contributed by atoms with van der Waals surface area (Å²) in [7, 11) is 0. The highest BCUT2D eigenvalue weighted by molar-refractivity contribution is 9.12. The second-order valence-electron chi connectivity index (χ2n) is 14.7.